The number of aliphatic hydroxyl groups is 1. The van der Waals surface area contributed by atoms with Crippen LogP contribution in [0.5, 0.6) is 17.2 Å². The minimum Gasteiger partial charge on any atom is -0.507 e. The summed E-state index contributed by atoms with van der Waals surface area (Å²) in [7, 11) is 3.13. The van der Waals surface area contributed by atoms with E-state index in [9.17, 15) is 10.2 Å². The Balaban J connectivity index is 2.85. The zero-order valence-corrected chi connectivity index (χ0v) is 10.7. The quantitative estimate of drug-likeness (QED) is 0.875. The Hall–Kier alpha value is -1.94. The molecule has 0 bridgehead atoms. The first kappa shape index (κ1) is 12.5. The predicted octanol–water partition coefficient (Wildman–Crippen LogP) is 2.36. The van der Waals surface area contributed by atoms with Crippen LogP contribution in [-0.2, 0) is 6.61 Å². The molecule has 0 atom stereocenters. The largest absolute Gasteiger partial charge is 0.507 e. The maximum Gasteiger partial charge on any atom is 0.164 e. The standard InChI is InChI=1S/C14H16O4/c1-8-10-4-9(7-15)5-12(16)11(10)6-13(17-2)14(8)18-3/h4-6,15-16H,7H2,1-3H3. The summed E-state index contributed by atoms with van der Waals surface area (Å²) in [6.45, 7) is 1.78. The Morgan fingerprint density at radius 3 is 2.33 bits per heavy atom. The third-order valence-corrected chi connectivity index (χ3v) is 3.07. The van der Waals surface area contributed by atoms with Crippen LogP contribution in [0.4, 0.5) is 0 Å². The first-order valence-corrected chi connectivity index (χ1v) is 5.60. The fourth-order valence-electron chi connectivity index (χ4n) is 2.16. The van der Waals surface area contributed by atoms with Crippen molar-refractivity contribution in [3.63, 3.8) is 0 Å². The molecule has 0 saturated carbocycles. The lowest BCUT2D eigenvalue weighted by Crippen LogP contribution is -1.95. The molecule has 96 valence electrons. The minimum absolute atomic E-state index is 0.114. The molecule has 0 aromatic heterocycles. The van der Waals surface area contributed by atoms with Crippen LogP contribution in [0.1, 0.15) is 11.1 Å². The van der Waals surface area contributed by atoms with Crippen LogP contribution < -0.4 is 9.47 Å². The fraction of sp³-hybridized carbons (Fsp3) is 0.286. The van der Waals surface area contributed by atoms with Gasteiger partial charge in [0, 0.05) is 10.9 Å². The molecule has 18 heavy (non-hydrogen) atoms. The molecular weight excluding hydrogens is 232 g/mol. The Morgan fingerprint density at radius 1 is 1.06 bits per heavy atom. The Bertz CT molecular complexity index is 590. The monoisotopic (exact) mass is 248 g/mol. The second-order valence-electron chi connectivity index (χ2n) is 4.11. The molecule has 2 aromatic carbocycles. The van der Waals surface area contributed by atoms with Crippen LogP contribution in [0.2, 0.25) is 0 Å². The van der Waals surface area contributed by atoms with E-state index in [0.29, 0.717) is 22.4 Å². The van der Waals surface area contributed by atoms with Crippen molar-refractivity contribution >= 4 is 10.8 Å². The molecule has 0 saturated heterocycles. The van der Waals surface area contributed by atoms with Crippen molar-refractivity contribution in [3.05, 3.63) is 29.3 Å². The maximum absolute atomic E-state index is 9.98. The van der Waals surface area contributed by atoms with E-state index in [-0.39, 0.29) is 12.4 Å². The number of ether oxygens (including phenoxy) is 2. The summed E-state index contributed by atoms with van der Waals surface area (Å²) in [5, 5.41) is 20.7. The average Bonchev–Trinajstić information content (AvgIpc) is 2.39. The number of fused-ring (bicyclic) bond motifs is 1. The Morgan fingerprint density at radius 2 is 1.78 bits per heavy atom. The van der Waals surface area contributed by atoms with Gasteiger partial charge in [0.05, 0.1) is 20.8 Å². The van der Waals surface area contributed by atoms with Gasteiger partial charge in [0.25, 0.3) is 0 Å². The van der Waals surface area contributed by atoms with Crippen molar-refractivity contribution in [1.82, 2.24) is 0 Å². The van der Waals surface area contributed by atoms with Crippen molar-refractivity contribution in [3.8, 4) is 17.2 Å². The number of rotatable bonds is 3. The lowest BCUT2D eigenvalue weighted by molar-refractivity contribution is 0.281. The highest BCUT2D eigenvalue weighted by atomic mass is 16.5. The van der Waals surface area contributed by atoms with Gasteiger partial charge >= 0.3 is 0 Å². The first-order valence-electron chi connectivity index (χ1n) is 5.60. The molecule has 0 aliphatic rings. The summed E-state index contributed by atoms with van der Waals surface area (Å²) in [4.78, 5) is 0. The van der Waals surface area contributed by atoms with E-state index in [2.05, 4.69) is 0 Å². The SMILES string of the molecule is COc1cc2c(O)cc(CO)cc2c(C)c1OC. The highest BCUT2D eigenvalue weighted by molar-refractivity contribution is 5.94. The van der Waals surface area contributed by atoms with Crippen molar-refractivity contribution in [2.45, 2.75) is 13.5 Å². The molecule has 2 aromatic rings. The van der Waals surface area contributed by atoms with Gasteiger partial charge < -0.3 is 19.7 Å². The summed E-state index contributed by atoms with van der Waals surface area (Å²) < 4.78 is 10.6. The average molecular weight is 248 g/mol. The third kappa shape index (κ3) is 1.84. The Labute approximate surface area is 105 Å². The van der Waals surface area contributed by atoms with E-state index < -0.39 is 0 Å². The van der Waals surface area contributed by atoms with Crippen molar-refractivity contribution in [1.29, 1.82) is 0 Å². The molecule has 2 N–H and O–H groups in total. The number of aliphatic hydroxyl groups excluding tert-OH is 1. The van der Waals surface area contributed by atoms with E-state index in [1.165, 1.54) is 0 Å². The van der Waals surface area contributed by atoms with Crippen LogP contribution in [0, 0.1) is 6.92 Å². The third-order valence-electron chi connectivity index (χ3n) is 3.07. The second kappa shape index (κ2) is 4.74. The number of aryl methyl sites for hydroxylation is 1. The summed E-state index contributed by atoms with van der Waals surface area (Å²) in [6.07, 6.45) is 0. The van der Waals surface area contributed by atoms with E-state index in [1.54, 1.807) is 26.4 Å². The van der Waals surface area contributed by atoms with E-state index in [0.717, 1.165) is 10.9 Å². The van der Waals surface area contributed by atoms with Crippen LogP contribution in [-0.4, -0.2) is 24.4 Å². The summed E-state index contributed by atoms with van der Waals surface area (Å²) in [5.41, 5.74) is 1.53. The van der Waals surface area contributed by atoms with Gasteiger partial charge in [-0.1, -0.05) is 0 Å². The van der Waals surface area contributed by atoms with Gasteiger partial charge in [-0.25, -0.2) is 0 Å². The molecule has 0 heterocycles. The number of phenolic OH excluding ortho intramolecular Hbond substituents is 1. The molecule has 0 aliphatic heterocycles. The van der Waals surface area contributed by atoms with E-state index >= 15 is 0 Å². The van der Waals surface area contributed by atoms with Crippen LogP contribution in [0.25, 0.3) is 10.8 Å². The summed E-state index contributed by atoms with van der Waals surface area (Å²) >= 11 is 0. The van der Waals surface area contributed by atoms with Gasteiger partial charge in [0.15, 0.2) is 11.5 Å². The van der Waals surface area contributed by atoms with Gasteiger partial charge in [-0.2, -0.15) is 0 Å². The molecule has 2 rings (SSSR count). The topological polar surface area (TPSA) is 58.9 Å². The van der Waals surface area contributed by atoms with Crippen LogP contribution in [0.15, 0.2) is 18.2 Å². The molecule has 4 heteroatoms. The lowest BCUT2D eigenvalue weighted by atomic mass is 10.0. The first-order chi connectivity index (χ1) is 8.62. The number of aromatic hydroxyl groups is 1. The predicted molar refractivity (Wildman–Crippen MR) is 69.4 cm³/mol. The number of hydrogen-bond acceptors (Lipinski definition) is 4. The molecule has 0 fully saturated rings. The van der Waals surface area contributed by atoms with Gasteiger partial charge in [-0.3, -0.25) is 0 Å². The summed E-state index contributed by atoms with van der Waals surface area (Å²) in [6, 6.07) is 5.12. The van der Waals surface area contributed by atoms with Gasteiger partial charge in [-0.05, 0) is 36.1 Å². The molecule has 0 unspecified atom stereocenters. The maximum atomic E-state index is 9.98. The number of hydrogen-bond donors (Lipinski definition) is 2. The number of benzene rings is 2. The van der Waals surface area contributed by atoms with Crippen LogP contribution >= 0.6 is 0 Å². The van der Waals surface area contributed by atoms with Crippen LogP contribution in [0.3, 0.4) is 0 Å². The smallest absolute Gasteiger partial charge is 0.164 e. The summed E-state index contributed by atoms with van der Waals surface area (Å²) in [5.74, 6) is 1.34. The lowest BCUT2D eigenvalue weighted by Gasteiger charge is -2.14. The molecule has 0 spiro atoms. The van der Waals surface area contributed by atoms with Crippen molar-refractivity contribution in [2.75, 3.05) is 14.2 Å². The normalized spacial score (nSPS) is 10.7. The molecule has 0 aliphatic carbocycles. The zero-order valence-electron chi connectivity index (χ0n) is 10.7. The highest BCUT2D eigenvalue weighted by Gasteiger charge is 2.14. The zero-order chi connectivity index (χ0) is 13.3. The molecule has 4 nitrogen and oxygen atoms in total. The molecule has 0 amide bonds. The highest BCUT2D eigenvalue weighted by Crippen LogP contribution is 2.40. The number of methoxy groups -OCH3 is 2. The molecule has 0 radical (unpaired) electrons. The van der Waals surface area contributed by atoms with E-state index in [4.69, 9.17) is 9.47 Å². The van der Waals surface area contributed by atoms with Crippen molar-refractivity contribution < 1.29 is 19.7 Å². The van der Waals surface area contributed by atoms with Gasteiger partial charge in [-0.15, -0.1) is 0 Å². The number of phenols is 1. The van der Waals surface area contributed by atoms with Gasteiger partial charge in [0.1, 0.15) is 5.75 Å². The van der Waals surface area contributed by atoms with E-state index in [1.807, 2.05) is 13.0 Å². The fourth-order valence-corrected chi connectivity index (χ4v) is 2.16. The van der Waals surface area contributed by atoms with Gasteiger partial charge in [0.2, 0.25) is 0 Å². The van der Waals surface area contributed by atoms with Crippen molar-refractivity contribution in [2.24, 2.45) is 0 Å². The Kier molecular flexibility index (Phi) is 3.30. The second-order valence-corrected chi connectivity index (χ2v) is 4.11. The molecular formula is C14H16O4. The minimum atomic E-state index is -0.114.